The quantitative estimate of drug-likeness (QED) is 0.647. The van der Waals surface area contributed by atoms with Crippen molar-refractivity contribution in [3.8, 4) is 0 Å². The smallest absolute Gasteiger partial charge is 0.272 e. The molecule has 0 aliphatic carbocycles. The number of non-ortho nitro benzene ring substituents is 1. The van der Waals surface area contributed by atoms with Crippen molar-refractivity contribution in [2.45, 2.75) is 6.42 Å². The molecule has 2 aromatic carbocycles. The van der Waals surface area contributed by atoms with Crippen molar-refractivity contribution in [2.75, 3.05) is 11.4 Å². The van der Waals surface area contributed by atoms with Crippen LogP contribution in [0.1, 0.15) is 16.8 Å². The maximum Gasteiger partial charge on any atom is 0.272 e. The first-order valence-electron chi connectivity index (χ1n) is 6.99. The number of nitro groups is 1. The van der Waals surface area contributed by atoms with Gasteiger partial charge in [-0.2, -0.15) is 0 Å². The topological polar surface area (TPSA) is 107 Å². The molecule has 2 aromatic rings. The van der Waals surface area contributed by atoms with E-state index in [1.54, 1.807) is 30.3 Å². The molecule has 0 unspecified atom stereocenters. The van der Waals surface area contributed by atoms with Gasteiger partial charge in [-0.1, -0.05) is 18.2 Å². The number of anilines is 1. The predicted octanol–water partition coefficient (Wildman–Crippen LogP) is 2.26. The Morgan fingerprint density at radius 2 is 1.83 bits per heavy atom. The number of hydrogen-bond acceptors (Lipinski definition) is 4. The number of carbonyl (C=O) groups excluding carboxylic acids is 2. The van der Waals surface area contributed by atoms with Crippen LogP contribution in [0, 0.1) is 15.9 Å². The van der Waals surface area contributed by atoms with Crippen molar-refractivity contribution in [2.24, 2.45) is 5.73 Å². The molecule has 2 N–H and O–H groups in total. The molecule has 0 fully saturated rings. The molecule has 8 heteroatoms. The molecule has 0 radical (unpaired) electrons. The van der Waals surface area contributed by atoms with Gasteiger partial charge in [0.25, 0.3) is 11.6 Å². The molecule has 7 nitrogen and oxygen atoms in total. The van der Waals surface area contributed by atoms with Crippen molar-refractivity contribution in [1.29, 1.82) is 0 Å². The Kier molecular flexibility index (Phi) is 5.20. The van der Waals surface area contributed by atoms with Gasteiger partial charge in [0.1, 0.15) is 5.82 Å². The van der Waals surface area contributed by atoms with Crippen LogP contribution < -0.4 is 10.6 Å². The fourth-order valence-electron chi connectivity index (χ4n) is 2.11. The minimum absolute atomic E-state index is 0.0331. The summed E-state index contributed by atoms with van der Waals surface area (Å²) in [5, 5.41) is 10.7. The van der Waals surface area contributed by atoms with Gasteiger partial charge < -0.3 is 10.6 Å². The monoisotopic (exact) mass is 331 g/mol. The first-order chi connectivity index (χ1) is 11.4. The standard InChI is InChI=1S/C16H14FN3O4/c17-14-10-12(20(23)24)6-7-13(14)16(22)19(9-8-15(18)21)11-4-2-1-3-5-11/h1-7,10H,8-9H2,(H2,18,21). The lowest BCUT2D eigenvalue weighted by molar-refractivity contribution is -0.385. The fraction of sp³-hybridized carbons (Fsp3) is 0.125. The van der Waals surface area contributed by atoms with Crippen molar-refractivity contribution in [3.05, 3.63) is 70.0 Å². The summed E-state index contributed by atoms with van der Waals surface area (Å²) in [6.45, 7) is -0.0331. The molecule has 124 valence electrons. The third-order valence-electron chi connectivity index (χ3n) is 3.29. The summed E-state index contributed by atoms with van der Waals surface area (Å²) < 4.78 is 14.1. The van der Waals surface area contributed by atoms with E-state index in [2.05, 4.69) is 0 Å². The maximum absolute atomic E-state index is 14.1. The van der Waals surface area contributed by atoms with Crippen molar-refractivity contribution >= 4 is 23.2 Å². The number of rotatable bonds is 6. The van der Waals surface area contributed by atoms with Crippen LogP contribution in [0.3, 0.4) is 0 Å². The van der Waals surface area contributed by atoms with Crippen molar-refractivity contribution < 1.29 is 18.9 Å². The van der Waals surface area contributed by atoms with Crippen LogP contribution in [0.5, 0.6) is 0 Å². The number of primary amides is 1. The Morgan fingerprint density at radius 3 is 2.38 bits per heavy atom. The van der Waals surface area contributed by atoms with Gasteiger partial charge in [-0.05, 0) is 18.2 Å². The van der Waals surface area contributed by atoms with Crippen LogP contribution in [0.15, 0.2) is 48.5 Å². The average molecular weight is 331 g/mol. The maximum atomic E-state index is 14.1. The molecule has 0 spiro atoms. The zero-order chi connectivity index (χ0) is 17.7. The van der Waals surface area contributed by atoms with Crippen LogP contribution in [-0.4, -0.2) is 23.3 Å². The largest absolute Gasteiger partial charge is 0.370 e. The van der Waals surface area contributed by atoms with Crippen LogP contribution >= 0.6 is 0 Å². The lowest BCUT2D eigenvalue weighted by Gasteiger charge is -2.22. The normalized spacial score (nSPS) is 10.2. The van der Waals surface area contributed by atoms with E-state index in [1.807, 2.05) is 0 Å². The summed E-state index contributed by atoms with van der Waals surface area (Å²) >= 11 is 0. The van der Waals surface area contributed by atoms with Gasteiger partial charge in [-0.15, -0.1) is 0 Å². The fourth-order valence-corrected chi connectivity index (χ4v) is 2.11. The molecule has 0 aliphatic heterocycles. The van der Waals surface area contributed by atoms with E-state index in [0.717, 1.165) is 12.1 Å². The second-order valence-corrected chi connectivity index (χ2v) is 4.93. The number of halogens is 1. The third kappa shape index (κ3) is 3.92. The molecular weight excluding hydrogens is 317 g/mol. The summed E-state index contributed by atoms with van der Waals surface area (Å²) in [6, 6.07) is 11.2. The third-order valence-corrected chi connectivity index (χ3v) is 3.29. The van der Waals surface area contributed by atoms with E-state index >= 15 is 0 Å². The zero-order valence-electron chi connectivity index (χ0n) is 12.5. The number of nitrogens with zero attached hydrogens (tertiary/aromatic N) is 2. The van der Waals surface area contributed by atoms with Gasteiger partial charge in [0, 0.05) is 24.7 Å². The molecule has 2 rings (SSSR count). The highest BCUT2D eigenvalue weighted by Gasteiger charge is 2.23. The van der Waals surface area contributed by atoms with Crippen LogP contribution in [0.2, 0.25) is 0 Å². The molecule has 0 saturated carbocycles. The van der Waals surface area contributed by atoms with Gasteiger partial charge >= 0.3 is 0 Å². The number of carbonyl (C=O) groups is 2. The minimum Gasteiger partial charge on any atom is -0.370 e. The summed E-state index contributed by atoms with van der Waals surface area (Å²) in [5.74, 6) is -2.32. The van der Waals surface area contributed by atoms with E-state index < -0.39 is 28.2 Å². The molecule has 0 aliphatic rings. The van der Waals surface area contributed by atoms with Gasteiger partial charge in [0.15, 0.2) is 0 Å². The summed E-state index contributed by atoms with van der Waals surface area (Å²) in [5.41, 5.74) is 4.80. The van der Waals surface area contributed by atoms with E-state index in [1.165, 1.54) is 4.90 Å². The molecule has 0 atom stereocenters. The van der Waals surface area contributed by atoms with E-state index in [4.69, 9.17) is 5.73 Å². The molecule has 2 amide bonds. The summed E-state index contributed by atoms with van der Waals surface area (Å²) in [7, 11) is 0. The number of nitro benzene ring substituents is 1. The Balaban J connectivity index is 2.37. The Labute approximate surface area is 136 Å². The number of amides is 2. The highest BCUT2D eigenvalue weighted by atomic mass is 19.1. The van der Waals surface area contributed by atoms with Crippen LogP contribution in [-0.2, 0) is 4.79 Å². The van der Waals surface area contributed by atoms with E-state index in [0.29, 0.717) is 11.8 Å². The second-order valence-electron chi connectivity index (χ2n) is 4.93. The molecule has 24 heavy (non-hydrogen) atoms. The number of para-hydroxylation sites is 1. The lowest BCUT2D eigenvalue weighted by atomic mass is 10.1. The SMILES string of the molecule is NC(=O)CCN(C(=O)c1ccc([N+](=O)[O-])cc1F)c1ccccc1. The Bertz CT molecular complexity index is 780. The highest BCUT2D eigenvalue weighted by Crippen LogP contribution is 2.21. The van der Waals surface area contributed by atoms with Crippen molar-refractivity contribution in [3.63, 3.8) is 0 Å². The zero-order valence-corrected chi connectivity index (χ0v) is 12.5. The van der Waals surface area contributed by atoms with Gasteiger partial charge in [0.05, 0.1) is 16.6 Å². The van der Waals surface area contributed by atoms with Gasteiger partial charge in [-0.3, -0.25) is 19.7 Å². The van der Waals surface area contributed by atoms with Crippen LogP contribution in [0.4, 0.5) is 15.8 Å². The minimum atomic E-state index is -1.01. The number of hydrogen-bond donors (Lipinski definition) is 1. The van der Waals surface area contributed by atoms with Gasteiger partial charge in [-0.25, -0.2) is 4.39 Å². The Hall–Kier alpha value is -3.29. The molecule has 0 bridgehead atoms. The van der Waals surface area contributed by atoms with E-state index in [9.17, 15) is 24.1 Å². The first kappa shape index (κ1) is 17.1. The highest BCUT2D eigenvalue weighted by molar-refractivity contribution is 6.06. The molecule has 0 heterocycles. The molecular formula is C16H14FN3O4. The number of benzene rings is 2. The molecule has 0 aromatic heterocycles. The second kappa shape index (κ2) is 7.32. The van der Waals surface area contributed by atoms with Gasteiger partial charge in [0.2, 0.25) is 5.91 Å². The first-order valence-corrected chi connectivity index (χ1v) is 6.99. The predicted molar refractivity (Wildman–Crippen MR) is 85.0 cm³/mol. The molecule has 0 saturated heterocycles. The van der Waals surface area contributed by atoms with Crippen molar-refractivity contribution in [1.82, 2.24) is 0 Å². The summed E-state index contributed by atoms with van der Waals surface area (Å²) in [4.78, 5) is 34.8. The van der Waals surface area contributed by atoms with Crippen LogP contribution in [0.25, 0.3) is 0 Å². The average Bonchev–Trinajstić information content (AvgIpc) is 2.55. The Morgan fingerprint density at radius 1 is 1.17 bits per heavy atom. The summed E-state index contributed by atoms with van der Waals surface area (Å²) in [6.07, 6.45) is -0.102. The number of nitrogens with two attached hydrogens (primary N) is 1. The van der Waals surface area contributed by atoms with E-state index in [-0.39, 0.29) is 18.5 Å². The lowest BCUT2D eigenvalue weighted by Crippen LogP contribution is -2.34.